The maximum absolute atomic E-state index is 6.09. The highest BCUT2D eigenvalue weighted by Crippen LogP contribution is 2.31. The van der Waals surface area contributed by atoms with Crippen LogP contribution in [0.3, 0.4) is 0 Å². The van der Waals surface area contributed by atoms with Gasteiger partial charge in [0, 0.05) is 29.8 Å². The molecule has 4 heteroatoms. The number of nitrogens with one attached hydrogen (secondary N) is 1. The number of rotatable bonds is 2. The van der Waals surface area contributed by atoms with Crippen molar-refractivity contribution in [2.75, 3.05) is 24.5 Å². The minimum Gasteiger partial charge on any atom is -0.368 e. The molecule has 0 bridgehead atoms. The summed E-state index contributed by atoms with van der Waals surface area (Å²) in [6.07, 6.45) is 0. The molecule has 0 radical (unpaired) electrons. The summed E-state index contributed by atoms with van der Waals surface area (Å²) in [7, 11) is 0. The predicted octanol–water partition coefficient (Wildman–Crippen LogP) is 4.43. The summed E-state index contributed by atoms with van der Waals surface area (Å²) in [6, 6.07) is 16.8. The Labute approximate surface area is 139 Å². The van der Waals surface area contributed by atoms with Gasteiger partial charge in [-0.2, -0.15) is 0 Å². The van der Waals surface area contributed by atoms with Crippen LogP contribution in [0.15, 0.2) is 53.0 Å². The molecule has 0 amide bonds. The fourth-order valence-electron chi connectivity index (χ4n) is 2.88. The molecule has 1 atom stereocenters. The maximum Gasteiger partial charge on any atom is 0.0584 e. The van der Waals surface area contributed by atoms with Gasteiger partial charge in [-0.1, -0.05) is 41.9 Å². The van der Waals surface area contributed by atoms with Crippen LogP contribution in [0.1, 0.15) is 12.5 Å². The topological polar surface area (TPSA) is 15.3 Å². The Morgan fingerprint density at radius 3 is 2.67 bits per heavy atom. The summed E-state index contributed by atoms with van der Waals surface area (Å²) in [6.45, 7) is 5.16. The summed E-state index contributed by atoms with van der Waals surface area (Å²) in [5.41, 5.74) is 2.49. The van der Waals surface area contributed by atoms with E-state index in [1.807, 2.05) is 6.07 Å². The monoisotopic (exact) mass is 364 g/mol. The zero-order valence-electron chi connectivity index (χ0n) is 11.9. The molecule has 1 heterocycles. The fourth-order valence-corrected chi connectivity index (χ4v) is 3.37. The molecule has 0 aliphatic carbocycles. The smallest absolute Gasteiger partial charge is 0.0584 e. The van der Waals surface area contributed by atoms with Crippen LogP contribution in [0, 0.1) is 0 Å². The molecule has 1 aliphatic rings. The van der Waals surface area contributed by atoms with Crippen molar-refractivity contribution in [3.05, 3.63) is 63.6 Å². The van der Waals surface area contributed by atoms with Crippen LogP contribution in [0.5, 0.6) is 0 Å². The molecule has 0 spiro atoms. The molecule has 1 N–H and O–H groups in total. The number of nitrogens with zero attached hydrogens (tertiary/aromatic N) is 1. The molecule has 1 unspecified atom stereocenters. The van der Waals surface area contributed by atoms with Gasteiger partial charge in [0.2, 0.25) is 0 Å². The van der Waals surface area contributed by atoms with Crippen LogP contribution in [0.4, 0.5) is 5.69 Å². The Balaban J connectivity index is 1.87. The Bertz CT molecular complexity index is 632. The summed E-state index contributed by atoms with van der Waals surface area (Å²) < 4.78 is 0.946. The van der Waals surface area contributed by atoms with Crippen molar-refractivity contribution in [3.8, 4) is 0 Å². The molecule has 110 valence electrons. The Morgan fingerprint density at radius 1 is 1.19 bits per heavy atom. The first-order chi connectivity index (χ1) is 10.1. The van der Waals surface area contributed by atoms with Crippen molar-refractivity contribution in [2.45, 2.75) is 12.5 Å². The second kappa shape index (κ2) is 5.99. The van der Waals surface area contributed by atoms with E-state index in [1.54, 1.807) is 0 Å². The highest BCUT2D eigenvalue weighted by molar-refractivity contribution is 9.10. The summed E-state index contributed by atoms with van der Waals surface area (Å²) >= 11 is 9.61. The number of hydrogen-bond donors (Lipinski definition) is 1. The largest absolute Gasteiger partial charge is 0.368 e. The quantitative estimate of drug-likeness (QED) is 0.847. The molecule has 0 aromatic heterocycles. The van der Waals surface area contributed by atoms with E-state index in [0.717, 1.165) is 29.1 Å². The second-order valence-corrected chi connectivity index (χ2v) is 6.91. The lowest BCUT2D eigenvalue weighted by Gasteiger charge is -2.43. The van der Waals surface area contributed by atoms with Crippen LogP contribution in [-0.4, -0.2) is 19.6 Å². The average molecular weight is 366 g/mol. The zero-order chi connectivity index (χ0) is 14.9. The van der Waals surface area contributed by atoms with Crippen LogP contribution >= 0.6 is 27.5 Å². The third kappa shape index (κ3) is 3.10. The van der Waals surface area contributed by atoms with Crippen molar-refractivity contribution in [3.63, 3.8) is 0 Å². The summed E-state index contributed by atoms with van der Waals surface area (Å²) in [5.74, 6) is 0. The number of benzene rings is 2. The number of piperazine rings is 1. The van der Waals surface area contributed by atoms with Gasteiger partial charge in [-0.05, 0) is 46.6 Å². The summed E-state index contributed by atoms with van der Waals surface area (Å²) in [4.78, 5) is 2.41. The lowest BCUT2D eigenvalue weighted by atomic mass is 9.89. The van der Waals surface area contributed by atoms with Crippen LogP contribution in [0.25, 0.3) is 0 Å². The third-order valence-electron chi connectivity index (χ3n) is 4.08. The van der Waals surface area contributed by atoms with Gasteiger partial charge in [0.25, 0.3) is 0 Å². The second-order valence-electron chi connectivity index (χ2n) is 5.64. The maximum atomic E-state index is 6.09. The predicted molar refractivity (Wildman–Crippen MR) is 93.2 cm³/mol. The first kappa shape index (κ1) is 14.9. The molecule has 21 heavy (non-hydrogen) atoms. The summed E-state index contributed by atoms with van der Waals surface area (Å²) in [5, 5.41) is 4.41. The normalized spacial score (nSPS) is 22.3. The van der Waals surface area contributed by atoms with E-state index in [4.69, 9.17) is 11.6 Å². The van der Waals surface area contributed by atoms with E-state index < -0.39 is 0 Å². The zero-order valence-corrected chi connectivity index (χ0v) is 14.3. The molecule has 2 aromatic carbocycles. The van der Waals surface area contributed by atoms with Crippen molar-refractivity contribution in [1.29, 1.82) is 0 Å². The van der Waals surface area contributed by atoms with E-state index >= 15 is 0 Å². The SMILES string of the molecule is CC1(c2ccccc2)CN(c2ccc(Cl)c(Br)c2)CCN1. The highest BCUT2D eigenvalue weighted by atomic mass is 79.9. The van der Waals surface area contributed by atoms with Crippen molar-refractivity contribution >= 4 is 33.2 Å². The van der Waals surface area contributed by atoms with Gasteiger partial charge >= 0.3 is 0 Å². The number of halogens is 2. The molecule has 3 rings (SSSR count). The fraction of sp³-hybridized carbons (Fsp3) is 0.294. The van der Waals surface area contributed by atoms with E-state index in [-0.39, 0.29) is 5.54 Å². The Morgan fingerprint density at radius 2 is 1.95 bits per heavy atom. The molecule has 1 saturated heterocycles. The van der Waals surface area contributed by atoms with Crippen LogP contribution in [-0.2, 0) is 5.54 Å². The minimum absolute atomic E-state index is 0.0361. The molecule has 2 nitrogen and oxygen atoms in total. The van der Waals surface area contributed by atoms with Crippen molar-refractivity contribution in [2.24, 2.45) is 0 Å². The van der Waals surface area contributed by atoms with E-state index in [1.165, 1.54) is 11.3 Å². The van der Waals surface area contributed by atoms with Gasteiger partial charge in [0.05, 0.1) is 10.6 Å². The minimum atomic E-state index is -0.0361. The van der Waals surface area contributed by atoms with Gasteiger partial charge in [-0.25, -0.2) is 0 Å². The molecular weight excluding hydrogens is 348 g/mol. The lowest BCUT2D eigenvalue weighted by molar-refractivity contribution is 0.332. The van der Waals surface area contributed by atoms with E-state index in [2.05, 4.69) is 75.5 Å². The molecular formula is C17H18BrClN2. The van der Waals surface area contributed by atoms with Gasteiger partial charge < -0.3 is 10.2 Å². The van der Waals surface area contributed by atoms with E-state index in [0.29, 0.717) is 0 Å². The Kier molecular flexibility index (Phi) is 4.25. The molecule has 1 aliphatic heterocycles. The van der Waals surface area contributed by atoms with Crippen LogP contribution < -0.4 is 10.2 Å². The van der Waals surface area contributed by atoms with Crippen molar-refractivity contribution < 1.29 is 0 Å². The van der Waals surface area contributed by atoms with Crippen molar-refractivity contribution in [1.82, 2.24) is 5.32 Å². The standard InChI is InChI=1S/C17H18BrClN2/c1-17(13-5-3-2-4-6-13)12-21(10-9-20-17)14-7-8-16(19)15(18)11-14/h2-8,11,20H,9-10,12H2,1H3. The van der Waals surface area contributed by atoms with Gasteiger partial charge in [-0.3, -0.25) is 0 Å². The molecule has 1 fully saturated rings. The van der Waals surface area contributed by atoms with Crippen LogP contribution in [0.2, 0.25) is 5.02 Å². The van der Waals surface area contributed by atoms with Gasteiger partial charge in [0.1, 0.15) is 0 Å². The third-order valence-corrected chi connectivity index (χ3v) is 5.30. The first-order valence-corrected chi connectivity index (χ1v) is 8.26. The number of hydrogen-bond acceptors (Lipinski definition) is 2. The van der Waals surface area contributed by atoms with Gasteiger partial charge in [-0.15, -0.1) is 0 Å². The average Bonchev–Trinajstić information content (AvgIpc) is 2.51. The number of anilines is 1. The first-order valence-electron chi connectivity index (χ1n) is 7.09. The highest BCUT2D eigenvalue weighted by Gasteiger charge is 2.32. The van der Waals surface area contributed by atoms with Gasteiger partial charge in [0.15, 0.2) is 0 Å². The lowest BCUT2D eigenvalue weighted by Crippen LogP contribution is -2.56. The molecule has 2 aromatic rings. The Hall–Kier alpha value is -1.03. The molecule has 0 saturated carbocycles. The van der Waals surface area contributed by atoms with E-state index in [9.17, 15) is 0 Å².